The number of rotatable bonds is 4. The summed E-state index contributed by atoms with van der Waals surface area (Å²) in [4.78, 5) is 0. The number of phenolic OH excluding ortho intramolecular Hbond substituents is 1. The molecule has 2 aromatic rings. The van der Waals surface area contributed by atoms with Crippen molar-refractivity contribution in [2.75, 3.05) is 12.4 Å². The number of nitrogens with one attached hydrogen (secondary N) is 1. The summed E-state index contributed by atoms with van der Waals surface area (Å²) >= 11 is 18.1. The van der Waals surface area contributed by atoms with Gasteiger partial charge in [0, 0.05) is 6.04 Å². The molecule has 1 atom stereocenters. The van der Waals surface area contributed by atoms with Crippen molar-refractivity contribution in [2.24, 2.45) is 0 Å². The highest BCUT2D eigenvalue weighted by atomic mass is 35.5. The second-order valence-electron chi connectivity index (χ2n) is 4.54. The van der Waals surface area contributed by atoms with E-state index in [9.17, 15) is 5.11 Å². The molecular weight excluding hydrogens is 333 g/mol. The van der Waals surface area contributed by atoms with Gasteiger partial charge in [-0.2, -0.15) is 0 Å². The number of halogens is 3. The van der Waals surface area contributed by atoms with Crippen molar-refractivity contribution in [1.82, 2.24) is 0 Å². The molecule has 2 rings (SSSR count). The Hall–Kier alpha value is -1.29. The molecule has 0 radical (unpaired) electrons. The number of hydrogen-bond acceptors (Lipinski definition) is 3. The van der Waals surface area contributed by atoms with Crippen molar-refractivity contribution in [3.05, 3.63) is 51.0 Å². The van der Waals surface area contributed by atoms with Crippen molar-refractivity contribution in [3.63, 3.8) is 0 Å². The van der Waals surface area contributed by atoms with Crippen LogP contribution in [0.15, 0.2) is 30.3 Å². The van der Waals surface area contributed by atoms with Crippen LogP contribution in [0.1, 0.15) is 18.5 Å². The van der Waals surface area contributed by atoms with Crippen LogP contribution in [0.2, 0.25) is 15.1 Å². The van der Waals surface area contributed by atoms with Crippen molar-refractivity contribution in [2.45, 2.75) is 13.0 Å². The molecular formula is C15H14Cl3NO2. The summed E-state index contributed by atoms with van der Waals surface area (Å²) in [7, 11) is 1.51. The van der Waals surface area contributed by atoms with Gasteiger partial charge in [0.25, 0.3) is 0 Å². The van der Waals surface area contributed by atoms with Gasteiger partial charge < -0.3 is 15.2 Å². The molecule has 0 amide bonds. The number of benzene rings is 2. The third kappa shape index (κ3) is 3.67. The molecule has 0 saturated heterocycles. The van der Waals surface area contributed by atoms with Crippen LogP contribution in [-0.2, 0) is 0 Å². The van der Waals surface area contributed by atoms with E-state index in [1.807, 2.05) is 6.92 Å². The van der Waals surface area contributed by atoms with Gasteiger partial charge in [-0.25, -0.2) is 0 Å². The number of methoxy groups -OCH3 is 1. The third-order valence-corrected chi connectivity index (χ3v) is 4.12. The van der Waals surface area contributed by atoms with E-state index in [-0.39, 0.29) is 11.8 Å². The van der Waals surface area contributed by atoms with E-state index >= 15 is 0 Å². The Labute approximate surface area is 138 Å². The molecule has 3 nitrogen and oxygen atoms in total. The van der Waals surface area contributed by atoms with Gasteiger partial charge in [0.15, 0.2) is 11.5 Å². The lowest BCUT2D eigenvalue weighted by Gasteiger charge is -2.18. The molecule has 0 aliphatic heterocycles. The van der Waals surface area contributed by atoms with E-state index < -0.39 is 0 Å². The SMILES string of the molecule is COc1cc(C(C)Nc2cc(Cl)c(Cl)cc2Cl)ccc1O. The first-order chi connectivity index (χ1) is 9.92. The Kier molecular flexibility index (Phi) is 5.09. The van der Waals surface area contributed by atoms with Gasteiger partial charge in [-0.15, -0.1) is 0 Å². The fourth-order valence-corrected chi connectivity index (χ4v) is 2.51. The fourth-order valence-electron chi connectivity index (χ4n) is 1.91. The minimum atomic E-state index is -0.0609. The Morgan fingerprint density at radius 1 is 1.05 bits per heavy atom. The molecule has 0 aliphatic rings. The lowest BCUT2D eigenvalue weighted by atomic mass is 10.1. The standard InChI is InChI=1S/C15H14Cl3NO2/c1-8(9-3-4-14(20)15(5-9)21-2)19-13-7-11(17)10(16)6-12(13)18/h3-8,19-20H,1-2H3. The highest BCUT2D eigenvalue weighted by Gasteiger charge is 2.12. The molecule has 21 heavy (non-hydrogen) atoms. The second-order valence-corrected chi connectivity index (χ2v) is 5.77. The van der Waals surface area contributed by atoms with E-state index in [2.05, 4.69) is 5.32 Å². The Morgan fingerprint density at radius 3 is 2.38 bits per heavy atom. The molecule has 0 saturated carbocycles. The summed E-state index contributed by atoms with van der Waals surface area (Å²) in [6, 6.07) is 8.37. The molecule has 0 heterocycles. The van der Waals surface area contributed by atoms with Gasteiger partial charge in [-0.1, -0.05) is 40.9 Å². The van der Waals surface area contributed by atoms with E-state index in [0.717, 1.165) is 5.56 Å². The van der Waals surface area contributed by atoms with Crippen molar-refractivity contribution < 1.29 is 9.84 Å². The average Bonchev–Trinajstić information content (AvgIpc) is 2.45. The van der Waals surface area contributed by atoms with Crippen LogP contribution in [0.5, 0.6) is 11.5 Å². The first-order valence-electron chi connectivity index (χ1n) is 6.20. The average molecular weight is 347 g/mol. The molecule has 0 bridgehead atoms. The van der Waals surface area contributed by atoms with Crippen LogP contribution >= 0.6 is 34.8 Å². The van der Waals surface area contributed by atoms with Gasteiger partial charge in [0.05, 0.1) is 27.9 Å². The molecule has 2 N–H and O–H groups in total. The predicted molar refractivity (Wildman–Crippen MR) is 88.2 cm³/mol. The minimum Gasteiger partial charge on any atom is -0.504 e. The first-order valence-corrected chi connectivity index (χ1v) is 7.33. The van der Waals surface area contributed by atoms with Crippen molar-refractivity contribution >= 4 is 40.5 Å². The molecule has 2 aromatic carbocycles. The van der Waals surface area contributed by atoms with Crippen molar-refractivity contribution in [1.29, 1.82) is 0 Å². The fraction of sp³-hybridized carbons (Fsp3) is 0.200. The quantitative estimate of drug-likeness (QED) is 0.715. The first kappa shape index (κ1) is 16.1. The number of ether oxygens (including phenoxy) is 1. The minimum absolute atomic E-state index is 0.0609. The maximum absolute atomic E-state index is 9.62. The summed E-state index contributed by atoms with van der Waals surface area (Å²) < 4.78 is 5.10. The van der Waals surface area contributed by atoms with Gasteiger partial charge >= 0.3 is 0 Å². The van der Waals surface area contributed by atoms with Crippen LogP contribution in [0.3, 0.4) is 0 Å². The lowest BCUT2D eigenvalue weighted by Crippen LogP contribution is -2.07. The highest BCUT2D eigenvalue weighted by molar-refractivity contribution is 6.44. The summed E-state index contributed by atoms with van der Waals surface area (Å²) in [6.07, 6.45) is 0. The van der Waals surface area contributed by atoms with Crippen molar-refractivity contribution in [3.8, 4) is 11.5 Å². The third-order valence-electron chi connectivity index (χ3n) is 3.09. The van der Waals surface area contributed by atoms with E-state index in [0.29, 0.717) is 26.5 Å². The molecule has 0 aliphatic carbocycles. The predicted octanol–water partition coefficient (Wildman–Crippen LogP) is 5.53. The van der Waals surface area contributed by atoms with Gasteiger partial charge in [0.2, 0.25) is 0 Å². The van der Waals surface area contributed by atoms with Gasteiger partial charge in [-0.3, -0.25) is 0 Å². The lowest BCUT2D eigenvalue weighted by molar-refractivity contribution is 0.373. The molecule has 0 fully saturated rings. The van der Waals surface area contributed by atoms with E-state index in [1.54, 1.807) is 30.3 Å². The Balaban J connectivity index is 2.25. The molecule has 0 aromatic heterocycles. The largest absolute Gasteiger partial charge is 0.504 e. The number of hydrogen-bond donors (Lipinski definition) is 2. The Bertz CT molecular complexity index is 662. The van der Waals surface area contributed by atoms with E-state index in [4.69, 9.17) is 39.5 Å². The number of anilines is 1. The zero-order valence-corrected chi connectivity index (χ0v) is 13.7. The second kappa shape index (κ2) is 6.65. The summed E-state index contributed by atoms with van der Waals surface area (Å²) in [6.45, 7) is 1.96. The topological polar surface area (TPSA) is 41.5 Å². The monoisotopic (exact) mass is 345 g/mol. The molecule has 112 valence electrons. The summed E-state index contributed by atoms with van der Waals surface area (Å²) in [5.74, 6) is 0.516. The summed E-state index contributed by atoms with van der Waals surface area (Å²) in [5, 5.41) is 14.2. The molecule has 6 heteroatoms. The van der Waals surface area contributed by atoms with Crippen LogP contribution in [0.25, 0.3) is 0 Å². The maximum Gasteiger partial charge on any atom is 0.160 e. The van der Waals surface area contributed by atoms with Crippen LogP contribution in [0.4, 0.5) is 5.69 Å². The zero-order chi connectivity index (χ0) is 15.6. The molecule has 0 spiro atoms. The van der Waals surface area contributed by atoms with Crippen LogP contribution < -0.4 is 10.1 Å². The van der Waals surface area contributed by atoms with Gasteiger partial charge in [0.1, 0.15) is 0 Å². The van der Waals surface area contributed by atoms with Crippen LogP contribution in [-0.4, -0.2) is 12.2 Å². The summed E-state index contributed by atoms with van der Waals surface area (Å²) in [5.41, 5.74) is 1.62. The van der Waals surface area contributed by atoms with Crippen LogP contribution in [0, 0.1) is 0 Å². The smallest absolute Gasteiger partial charge is 0.160 e. The number of aromatic hydroxyl groups is 1. The van der Waals surface area contributed by atoms with E-state index in [1.165, 1.54) is 7.11 Å². The Morgan fingerprint density at radius 2 is 1.71 bits per heavy atom. The highest BCUT2D eigenvalue weighted by Crippen LogP contribution is 2.35. The zero-order valence-electron chi connectivity index (χ0n) is 11.5. The number of phenols is 1. The maximum atomic E-state index is 9.62. The normalized spacial score (nSPS) is 12.0. The molecule has 1 unspecified atom stereocenters. The van der Waals surface area contributed by atoms with Gasteiger partial charge in [-0.05, 0) is 36.8 Å².